The van der Waals surface area contributed by atoms with E-state index in [2.05, 4.69) is 22.8 Å². The van der Waals surface area contributed by atoms with Crippen LogP contribution in [0.5, 0.6) is 5.75 Å². The van der Waals surface area contributed by atoms with Crippen LogP contribution in [0.15, 0.2) is 29.4 Å². The molecule has 0 aliphatic carbocycles. The summed E-state index contributed by atoms with van der Waals surface area (Å²) < 4.78 is 5.30. The van der Waals surface area contributed by atoms with Crippen LogP contribution in [0, 0.1) is 0 Å². The molecule has 0 aliphatic rings. The highest BCUT2D eigenvalue weighted by Crippen LogP contribution is 2.17. The molecule has 5 heteroatoms. The molecule has 0 bridgehead atoms. The fourth-order valence-corrected chi connectivity index (χ4v) is 1.70. The Labute approximate surface area is 120 Å². The number of benzene rings is 1. The lowest BCUT2D eigenvalue weighted by Crippen LogP contribution is -2.33. The summed E-state index contributed by atoms with van der Waals surface area (Å²) in [5.74, 6) is 0.801. The number of unbranched alkanes of at least 4 members (excludes halogenated alkanes) is 1. The van der Waals surface area contributed by atoms with Gasteiger partial charge in [-0.3, -0.25) is 5.43 Å². The quantitative estimate of drug-likeness (QED) is 0.364. The van der Waals surface area contributed by atoms with Gasteiger partial charge >= 0.3 is 0 Å². The Morgan fingerprint density at radius 3 is 2.79 bits per heavy atom. The molecule has 4 nitrogen and oxygen atoms in total. The molecule has 0 spiro atoms. The van der Waals surface area contributed by atoms with E-state index >= 15 is 0 Å². The number of rotatable bonds is 6. The Kier molecular flexibility index (Phi) is 6.89. The van der Waals surface area contributed by atoms with Crippen LogP contribution in [0.2, 0.25) is 0 Å². The number of hydrogen-bond acceptors (Lipinski definition) is 3. The molecule has 19 heavy (non-hydrogen) atoms. The zero-order valence-electron chi connectivity index (χ0n) is 11.7. The molecule has 2 N–H and O–H groups in total. The molecule has 0 saturated heterocycles. The summed E-state index contributed by atoms with van der Waals surface area (Å²) >= 11 is 5.14. The normalized spacial score (nSPS) is 11.0. The highest BCUT2D eigenvalue weighted by molar-refractivity contribution is 7.80. The summed E-state index contributed by atoms with van der Waals surface area (Å²) in [5.41, 5.74) is 4.63. The first-order chi connectivity index (χ1) is 9.19. The van der Waals surface area contributed by atoms with Crippen molar-refractivity contribution >= 4 is 23.0 Å². The summed E-state index contributed by atoms with van der Waals surface area (Å²) in [7, 11) is 1.65. The minimum atomic E-state index is 0.544. The SMILES string of the molecule is CCCCNC(=S)N/N=C(/C)c1ccccc1OC. The highest BCUT2D eigenvalue weighted by atomic mass is 32.1. The molecule has 0 atom stereocenters. The molecule has 0 radical (unpaired) electrons. The van der Waals surface area contributed by atoms with Gasteiger partial charge in [0.05, 0.1) is 12.8 Å². The van der Waals surface area contributed by atoms with Crippen LogP contribution in [0.1, 0.15) is 32.3 Å². The van der Waals surface area contributed by atoms with Crippen molar-refractivity contribution in [2.45, 2.75) is 26.7 Å². The van der Waals surface area contributed by atoms with E-state index in [1.54, 1.807) is 7.11 Å². The van der Waals surface area contributed by atoms with Gasteiger partial charge < -0.3 is 10.1 Å². The summed E-state index contributed by atoms with van der Waals surface area (Å²) in [5, 5.41) is 7.91. The fraction of sp³-hybridized carbons (Fsp3) is 0.429. The van der Waals surface area contributed by atoms with Gasteiger partial charge in [-0.1, -0.05) is 25.5 Å². The smallest absolute Gasteiger partial charge is 0.186 e. The van der Waals surface area contributed by atoms with Crippen molar-refractivity contribution in [3.05, 3.63) is 29.8 Å². The number of para-hydroxylation sites is 1. The van der Waals surface area contributed by atoms with Crippen LogP contribution in [0.25, 0.3) is 0 Å². The second-order valence-electron chi connectivity index (χ2n) is 4.12. The lowest BCUT2D eigenvalue weighted by Gasteiger charge is -2.09. The molecule has 0 unspecified atom stereocenters. The van der Waals surface area contributed by atoms with Crippen LogP contribution in [-0.2, 0) is 0 Å². The van der Waals surface area contributed by atoms with E-state index in [-0.39, 0.29) is 0 Å². The van der Waals surface area contributed by atoms with E-state index < -0.39 is 0 Å². The number of ether oxygens (including phenoxy) is 1. The Hall–Kier alpha value is -1.62. The molecule has 104 valence electrons. The monoisotopic (exact) mass is 279 g/mol. The second kappa shape index (κ2) is 8.48. The van der Waals surface area contributed by atoms with Crippen molar-refractivity contribution < 1.29 is 4.74 Å². The summed E-state index contributed by atoms with van der Waals surface area (Å²) in [6.45, 7) is 4.92. The van der Waals surface area contributed by atoms with Gasteiger partial charge in [0.2, 0.25) is 0 Å². The summed E-state index contributed by atoms with van der Waals surface area (Å²) in [4.78, 5) is 0. The second-order valence-corrected chi connectivity index (χ2v) is 4.53. The van der Waals surface area contributed by atoms with Gasteiger partial charge in [-0.15, -0.1) is 0 Å². The van der Waals surface area contributed by atoms with E-state index in [0.29, 0.717) is 5.11 Å². The highest BCUT2D eigenvalue weighted by Gasteiger charge is 2.04. The zero-order valence-corrected chi connectivity index (χ0v) is 12.5. The summed E-state index contributed by atoms with van der Waals surface area (Å²) in [6.07, 6.45) is 2.23. The third-order valence-electron chi connectivity index (χ3n) is 2.64. The van der Waals surface area contributed by atoms with E-state index in [4.69, 9.17) is 17.0 Å². The minimum Gasteiger partial charge on any atom is -0.496 e. The van der Waals surface area contributed by atoms with Gasteiger partial charge in [0, 0.05) is 12.1 Å². The van der Waals surface area contributed by atoms with Gasteiger partial charge in [-0.25, -0.2) is 0 Å². The lowest BCUT2D eigenvalue weighted by atomic mass is 10.1. The molecule has 1 aromatic rings. The standard InChI is InChI=1S/C14H21N3OS/c1-4-5-10-15-14(19)17-16-11(2)12-8-6-7-9-13(12)18-3/h6-9H,4-5,10H2,1-3H3,(H2,15,17,19)/b16-11-. The third-order valence-corrected chi connectivity index (χ3v) is 2.87. The lowest BCUT2D eigenvalue weighted by molar-refractivity contribution is 0.414. The van der Waals surface area contributed by atoms with Crippen molar-refractivity contribution in [3.8, 4) is 5.75 Å². The maximum atomic E-state index is 5.30. The minimum absolute atomic E-state index is 0.544. The predicted molar refractivity (Wildman–Crippen MR) is 83.8 cm³/mol. The first-order valence-corrected chi connectivity index (χ1v) is 6.81. The van der Waals surface area contributed by atoms with Gasteiger partial charge in [-0.05, 0) is 37.7 Å². The Morgan fingerprint density at radius 2 is 2.11 bits per heavy atom. The van der Waals surface area contributed by atoms with E-state index in [1.807, 2.05) is 31.2 Å². The largest absolute Gasteiger partial charge is 0.496 e. The molecule has 0 aromatic heterocycles. The zero-order chi connectivity index (χ0) is 14.1. The maximum Gasteiger partial charge on any atom is 0.186 e. The van der Waals surface area contributed by atoms with Crippen LogP contribution in [-0.4, -0.2) is 24.5 Å². The van der Waals surface area contributed by atoms with Crippen molar-refractivity contribution in [2.75, 3.05) is 13.7 Å². The van der Waals surface area contributed by atoms with Crippen molar-refractivity contribution in [3.63, 3.8) is 0 Å². The fourth-order valence-electron chi connectivity index (χ4n) is 1.56. The van der Waals surface area contributed by atoms with Gasteiger partial charge in [-0.2, -0.15) is 5.10 Å². The van der Waals surface area contributed by atoms with Crippen molar-refractivity contribution in [1.29, 1.82) is 0 Å². The van der Waals surface area contributed by atoms with E-state index in [1.165, 1.54) is 0 Å². The molecule has 0 amide bonds. The van der Waals surface area contributed by atoms with Crippen molar-refractivity contribution in [1.82, 2.24) is 10.7 Å². The van der Waals surface area contributed by atoms with Gasteiger partial charge in [0.15, 0.2) is 5.11 Å². The Morgan fingerprint density at radius 1 is 1.37 bits per heavy atom. The number of hydrazone groups is 1. The number of nitrogens with one attached hydrogen (secondary N) is 2. The first kappa shape index (κ1) is 15.4. The average Bonchev–Trinajstić information content (AvgIpc) is 2.45. The van der Waals surface area contributed by atoms with Crippen molar-refractivity contribution in [2.24, 2.45) is 5.10 Å². The average molecular weight is 279 g/mol. The Bertz CT molecular complexity index is 446. The maximum absolute atomic E-state index is 5.30. The first-order valence-electron chi connectivity index (χ1n) is 6.40. The van der Waals surface area contributed by atoms with Crippen LogP contribution in [0.4, 0.5) is 0 Å². The van der Waals surface area contributed by atoms with E-state index in [9.17, 15) is 0 Å². The van der Waals surface area contributed by atoms with Gasteiger partial charge in [0.25, 0.3) is 0 Å². The third kappa shape index (κ3) is 5.26. The number of nitrogens with zero attached hydrogens (tertiary/aromatic N) is 1. The molecule has 0 saturated carbocycles. The molecule has 1 rings (SSSR count). The molecule has 0 heterocycles. The van der Waals surface area contributed by atoms with Crippen LogP contribution < -0.4 is 15.5 Å². The molecular weight excluding hydrogens is 258 g/mol. The predicted octanol–water partition coefficient (Wildman–Crippen LogP) is 2.68. The molecule has 0 fully saturated rings. The summed E-state index contributed by atoms with van der Waals surface area (Å²) in [6, 6.07) is 7.76. The number of hydrogen-bond donors (Lipinski definition) is 2. The van der Waals surface area contributed by atoms with Crippen LogP contribution in [0.3, 0.4) is 0 Å². The van der Waals surface area contributed by atoms with E-state index in [0.717, 1.165) is 36.4 Å². The van der Waals surface area contributed by atoms with Gasteiger partial charge in [0.1, 0.15) is 5.75 Å². The Balaban J connectivity index is 2.59. The van der Waals surface area contributed by atoms with Crippen LogP contribution >= 0.6 is 12.2 Å². The molecular formula is C14H21N3OS. The number of thiocarbonyl (C=S) groups is 1. The molecule has 0 aliphatic heterocycles. The molecule has 1 aromatic carbocycles. The number of methoxy groups -OCH3 is 1. The topological polar surface area (TPSA) is 45.7 Å².